The Morgan fingerprint density at radius 1 is 1.67 bits per heavy atom. The lowest BCUT2D eigenvalue weighted by atomic mass is 10.1. The summed E-state index contributed by atoms with van der Waals surface area (Å²) in [5.74, 6) is 0.219. The molecule has 1 amide bonds. The third-order valence-electron chi connectivity index (χ3n) is 2.61. The van der Waals surface area contributed by atoms with Crippen LogP contribution in [0.2, 0.25) is 0 Å². The standard InChI is InChI=1S/C9H18N2O/c1-5-7(2)11-6-10-9(3,4)8(11)12/h7,10H,5-6H2,1-4H3. The van der Waals surface area contributed by atoms with E-state index in [-0.39, 0.29) is 11.4 Å². The summed E-state index contributed by atoms with van der Waals surface area (Å²) in [6, 6.07) is 0.353. The Bertz CT molecular complexity index is 189. The van der Waals surface area contributed by atoms with Crippen molar-refractivity contribution in [3.63, 3.8) is 0 Å². The van der Waals surface area contributed by atoms with Gasteiger partial charge in [0.1, 0.15) is 0 Å². The van der Waals surface area contributed by atoms with Crippen LogP contribution < -0.4 is 5.32 Å². The Kier molecular flexibility index (Phi) is 2.42. The van der Waals surface area contributed by atoms with Crippen LogP contribution in [0.5, 0.6) is 0 Å². The van der Waals surface area contributed by atoms with E-state index in [2.05, 4.69) is 19.2 Å². The van der Waals surface area contributed by atoms with E-state index in [1.807, 2.05) is 18.7 Å². The summed E-state index contributed by atoms with van der Waals surface area (Å²) in [4.78, 5) is 13.6. The second kappa shape index (κ2) is 3.05. The second-order valence-electron chi connectivity index (χ2n) is 3.99. The zero-order valence-electron chi connectivity index (χ0n) is 8.35. The molecule has 1 heterocycles. The molecule has 1 aliphatic rings. The van der Waals surface area contributed by atoms with Crippen LogP contribution in [0.15, 0.2) is 0 Å². The zero-order valence-corrected chi connectivity index (χ0v) is 8.35. The fraction of sp³-hybridized carbons (Fsp3) is 0.889. The molecule has 1 rings (SSSR count). The Balaban J connectivity index is 2.67. The van der Waals surface area contributed by atoms with Crippen LogP contribution in [0, 0.1) is 0 Å². The van der Waals surface area contributed by atoms with E-state index < -0.39 is 0 Å². The van der Waals surface area contributed by atoms with Crippen molar-refractivity contribution in [1.29, 1.82) is 0 Å². The number of nitrogens with one attached hydrogen (secondary N) is 1. The van der Waals surface area contributed by atoms with Gasteiger partial charge in [0.25, 0.3) is 0 Å². The minimum Gasteiger partial charge on any atom is -0.326 e. The van der Waals surface area contributed by atoms with Crippen LogP contribution in [0.1, 0.15) is 34.1 Å². The molecular formula is C9H18N2O. The number of amides is 1. The molecule has 1 N–H and O–H groups in total. The maximum absolute atomic E-state index is 11.7. The van der Waals surface area contributed by atoms with Crippen molar-refractivity contribution in [3.05, 3.63) is 0 Å². The molecule has 0 radical (unpaired) electrons. The van der Waals surface area contributed by atoms with Gasteiger partial charge in [-0.15, -0.1) is 0 Å². The van der Waals surface area contributed by atoms with Gasteiger partial charge in [-0.1, -0.05) is 6.92 Å². The summed E-state index contributed by atoms with van der Waals surface area (Å²) in [5, 5.41) is 3.19. The highest BCUT2D eigenvalue weighted by molar-refractivity contribution is 5.87. The predicted molar refractivity (Wildman–Crippen MR) is 48.7 cm³/mol. The lowest BCUT2D eigenvalue weighted by Crippen LogP contribution is -2.42. The highest BCUT2D eigenvalue weighted by atomic mass is 16.2. The summed E-state index contributed by atoms with van der Waals surface area (Å²) in [5.41, 5.74) is -0.358. The summed E-state index contributed by atoms with van der Waals surface area (Å²) in [6.45, 7) is 8.74. The minimum atomic E-state index is -0.358. The molecule has 70 valence electrons. The number of carbonyl (C=O) groups is 1. The van der Waals surface area contributed by atoms with Crippen LogP contribution in [0.25, 0.3) is 0 Å². The Labute approximate surface area is 74.1 Å². The third kappa shape index (κ3) is 1.46. The fourth-order valence-electron chi connectivity index (χ4n) is 1.37. The van der Waals surface area contributed by atoms with Gasteiger partial charge in [-0.25, -0.2) is 0 Å². The van der Waals surface area contributed by atoms with Crippen LogP contribution in [0.4, 0.5) is 0 Å². The number of hydrogen-bond donors (Lipinski definition) is 1. The molecule has 1 atom stereocenters. The van der Waals surface area contributed by atoms with Gasteiger partial charge >= 0.3 is 0 Å². The molecule has 1 fully saturated rings. The van der Waals surface area contributed by atoms with Crippen molar-refractivity contribution in [2.24, 2.45) is 0 Å². The number of carbonyl (C=O) groups excluding carboxylic acids is 1. The fourth-order valence-corrected chi connectivity index (χ4v) is 1.37. The van der Waals surface area contributed by atoms with Crippen LogP contribution >= 0.6 is 0 Å². The van der Waals surface area contributed by atoms with E-state index in [0.717, 1.165) is 6.42 Å². The number of rotatable bonds is 2. The molecule has 0 aromatic carbocycles. The van der Waals surface area contributed by atoms with Crippen LogP contribution in [-0.2, 0) is 4.79 Å². The maximum atomic E-state index is 11.7. The molecule has 0 bridgehead atoms. The van der Waals surface area contributed by atoms with Gasteiger partial charge in [0.05, 0.1) is 12.2 Å². The predicted octanol–water partition coefficient (Wildman–Crippen LogP) is 0.953. The molecule has 1 aliphatic heterocycles. The average Bonchev–Trinajstić information content (AvgIpc) is 2.27. The molecule has 0 aliphatic carbocycles. The van der Waals surface area contributed by atoms with Crippen molar-refractivity contribution in [2.45, 2.75) is 45.7 Å². The lowest BCUT2D eigenvalue weighted by Gasteiger charge is -2.23. The van der Waals surface area contributed by atoms with E-state index in [1.54, 1.807) is 0 Å². The first-order valence-electron chi connectivity index (χ1n) is 4.55. The molecule has 1 saturated heterocycles. The largest absolute Gasteiger partial charge is 0.326 e. The van der Waals surface area contributed by atoms with Crippen molar-refractivity contribution < 1.29 is 4.79 Å². The van der Waals surface area contributed by atoms with Gasteiger partial charge in [-0.2, -0.15) is 0 Å². The maximum Gasteiger partial charge on any atom is 0.243 e. The van der Waals surface area contributed by atoms with Crippen LogP contribution in [-0.4, -0.2) is 29.1 Å². The number of hydrogen-bond acceptors (Lipinski definition) is 2. The Morgan fingerprint density at radius 3 is 2.58 bits per heavy atom. The normalized spacial score (nSPS) is 24.7. The molecule has 0 aromatic heterocycles. The quantitative estimate of drug-likeness (QED) is 0.669. The van der Waals surface area contributed by atoms with E-state index in [4.69, 9.17) is 0 Å². The first-order chi connectivity index (χ1) is 5.49. The average molecular weight is 170 g/mol. The number of nitrogens with zero attached hydrogens (tertiary/aromatic N) is 1. The summed E-state index contributed by atoms with van der Waals surface area (Å²) >= 11 is 0. The van der Waals surface area contributed by atoms with Crippen molar-refractivity contribution in [1.82, 2.24) is 10.2 Å². The van der Waals surface area contributed by atoms with E-state index >= 15 is 0 Å². The highest BCUT2D eigenvalue weighted by Crippen LogP contribution is 2.17. The molecule has 3 heteroatoms. The van der Waals surface area contributed by atoms with E-state index in [0.29, 0.717) is 12.7 Å². The zero-order chi connectivity index (χ0) is 9.35. The summed E-state index contributed by atoms with van der Waals surface area (Å²) in [6.07, 6.45) is 1.02. The minimum absolute atomic E-state index is 0.219. The molecule has 0 aromatic rings. The summed E-state index contributed by atoms with van der Waals surface area (Å²) in [7, 11) is 0. The van der Waals surface area contributed by atoms with E-state index in [9.17, 15) is 4.79 Å². The SMILES string of the molecule is CCC(C)N1CNC(C)(C)C1=O. The Morgan fingerprint density at radius 2 is 2.25 bits per heavy atom. The monoisotopic (exact) mass is 170 g/mol. The van der Waals surface area contributed by atoms with Crippen molar-refractivity contribution in [2.75, 3.05) is 6.67 Å². The van der Waals surface area contributed by atoms with Crippen molar-refractivity contribution in [3.8, 4) is 0 Å². The highest BCUT2D eigenvalue weighted by Gasteiger charge is 2.39. The van der Waals surface area contributed by atoms with Gasteiger partial charge in [0.2, 0.25) is 5.91 Å². The van der Waals surface area contributed by atoms with Gasteiger partial charge in [-0.3, -0.25) is 10.1 Å². The second-order valence-corrected chi connectivity index (χ2v) is 3.99. The smallest absolute Gasteiger partial charge is 0.243 e. The topological polar surface area (TPSA) is 32.3 Å². The summed E-state index contributed by atoms with van der Waals surface area (Å²) < 4.78 is 0. The molecule has 12 heavy (non-hydrogen) atoms. The van der Waals surface area contributed by atoms with Gasteiger partial charge < -0.3 is 4.90 Å². The molecule has 1 unspecified atom stereocenters. The molecule has 0 saturated carbocycles. The third-order valence-corrected chi connectivity index (χ3v) is 2.61. The lowest BCUT2D eigenvalue weighted by molar-refractivity contribution is -0.133. The molecular weight excluding hydrogens is 152 g/mol. The first kappa shape index (κ1) is 9.52. The van der Waals surface area contributed by atoms with Crippen molar-refractivity contribution >= 4 is 5.91 Å². The van der Waals surface area contributed by atoms with Gasteiger partial charge in [0, 0.05) is 6.04 Å². The Hall–Kier alpha value is -0.570. The van der Waals surface area contributed by atoms with E-state index in [1.165, 1.54) is 0 Å². The molecule has 0 spiro atoms. The first-order valence-corrected chi connectivity index (χ1v) is 4.55. The van der Waals surface area contributed by atoms with Gasteiger partial charge in [0.15, 0.2) is 0 Å². The van der Waals surface area contributed by atoms with Crippen LogP contribution in [0.3, 0.4) is 0 Å². The molecule has 3 nitrogen and oxygen atoms in total. The van der Waals surface area contributed by atoms with Gasteiger partial charge in [-0.05, 0) is 27.2 Å².